The van der Waals surface area contributed by atoms with Gasteiger partial charge in [-0.1, -0.05) is 103 Å². The lowest BCUT2D eigenvalue weighted by atomic mass is 9.85. The van der Waals surface area contributed by atoms with Crippen molar-refractivity contribution in [2.45, 2.75) is 44.8 Å². The molecule has 4 aromatic carbocycles. The molecule has 0 radical (unpaired) electrons. The Morgan fingerprint density at radius 3 is 1.66 bits per heavy atom. The van der Waals surface area contributed by atoms with Crippen LogP contribution in [0.15, 0.2) is 120 Å². The second-order valence-electron chi connectivity index (χ2n) is 10.6. The summed E-state index contributed by atoms with van der Waals surface area (Å²) in [6.45, 7) is 5.32. The minimum atomic E-state index is -1.13. The zero-order chi connectivity index (χ0) is 29.4. The Bertz CT molecular complexity index is 1470. The first kappa shape index (κ1) is 29.1. The highest BCUT2D eigenvalue weighted by Crippen LogP contribution is 2.32. The van der Waals surface area contributed by atoms with Crippen LogP contribution in [0.25, 0.3) is 0 Å². The molecular formula is C34H32N2O5. The van der Waals surface area contributed by atoms with Gasteiger partial charge in [-0.25, -0.2) is 4.79 Å². The highest BCUT2D eigenvalue weighted by Gasteiger charge is 2.35. The Hall–Kier alpha value is -4.91. The maximum Gasteiger partial charge on any atom is 0.332 e. The first-order chi connectivity index (χ1) is 19.6. The first-order valence-corrected chi connectivity index (χ1v) is 13.4. The van der Waals surface area contributed by atoms with E-state index in [2.05, 4.69) is 0 Å². The molecule has 0 unspecified atom stereocenters. The summed E-state index contributed by atoms with van der Waals surface area (Å²) in [7, 11) is 0. The number of carbonyl (C=O) groups excluding carboxylic acids is 2. The predicted molar refractivity (Wildman–Crippen MR) is 159 cm³/mol. The number of hydrogen-bond donors (Lipinski definition) is 0. The van der Waals surface area contributed by atoms with Gasteiger partial charge in [0.15, 0.2) is 11.8 Å². The van der Waals surface area contributed by atoms with E-state index in [-0.39, 0.29) is 17.9 Å². The fourth-order valence-corrected chi connectivity index (χ4v) is 4.51. The van der Waals surface area contributed by atoms with E-state index in [1.165, 1.54) is 12.1 Å². The van der Waals surface area contributed by atoms with Crippen LogP contribution >= 0.6 is 0 Å². The topological polar surface area (TPSA) is 98.9 Å². The summed E-state index contributed by atoms with van der Waals surface area (Å²) in [6.07, 6.45) is -0.0634. The van der Waals surface area contributed by atoms with Gasteiger partial charge in [0.05, 0.1) is 10.6 Å². The smallest absolute Gasteiger partial charge is 0.332 e. The van der Waals surface area contributed by atoms with Crippen LogP contribution < -0.4 is 0 Å². The van der Waals surface area contributed by atoms with E-state index in [1.54, 1.807) is 57.2 Å². The Balaban J connectivity index is 1.91. The van der Waals surface area contributed by atoms with Gasteiger partial charge in [-0.05, 0) is 26.3 Å². The number of ketones is 1. The van der Waals surface area contributed by atoms with Gasteiger partial charge in [0.1, 0.15) is 5.60 Å². The number of nitrogens with zero attached hydrogens (tertiary/aromatic N) is 2. The average molecular weight is 549 g/mol. The van der Waals surface area contributed by atoms with E-state index < -0.39 is 28.5 Å². The summed E-state index contributed by atoms with van der Waals surface area (Å²) in [4.78, 5) is 43.4. The molecule has 7 heteroatoms. The molecule has 0 N–H and O–H groups in total. The van der Waals surface area contributed by atoms with Crippen molar-refractivity contribution in [2.75, 3.05) is 0 Å². The quantitative estimate of drug-likeness (QED) is 0.0686. The van der Waals surface area contributed by atoms with Gasteiger partial charge < -0.3 is 4.74 Å². The first-order valence-electron chi connectivity index (χ1n) is 13.4. The van der Waals surface area contributed by atoms with Gasteiger partial charge in [-0.15, -0.1) is 0 Å². The third-order valence-corrected chi connectivity index (χ3v) is 6.43. The predicted octanol–water partition coefficient (Wildman–Crippen LogP) is 7.20. The number of ether oxygens (including phenoxy) is 1. The third kappa shape index (κ3) is 7.82. The second-order valence-corrected chi connectivity index (χ2v) is 10.6. The minimum absolute atomic E-state index is 0.0634. The van der Waals surface area contributed by atoms with Crippen LogP contribution in [0.4, 0.5) is 5.69 Å². The van der Waals surface area contributed by atoms with Gasteiger partial charge in [0.2, 0.25) is 0 Å². The SMILES string of the molecule is CC(C)(C)OC(=O)[C@H](N=C(c1ccccc1)c1ccccc1)[C@@H](CC(=O)c1ccccc1)c1ccc([N+](=O)[O-])cc1. The number of benzene rings is 4. The Morgan fingerprint density at radius 1 is 0.756 bits per heavy atom. The number of nitro benzene ring substituents is 1. The van der Waals surface area contributed by atoms with Crippen LogP contribution in [0.5, 0.6) is 0 Å². The van der Waals surface area contributed by atoms with Crippen molar-refractivity contribution in [3.63, 3.8) is 0 Å². The summed E-state index contributed by atoms with van der Waals surface area (Å²) in [6, 6.07) is 32.6. The maximum atomic E-state index is 13.9. The van der Waals surface area contributed by atoms with Crippen LogP contribution in [0, 0.1) is 10.1 Å². The molecule has 0 aliphatic heterocycles. The average Bonchev–Trinajstić information content (AvgIpc) is 2.97. The van der Waals surface area contributed by atoms with E-state index in [0.717, 1.165) is 11.1 Å². The monoisotopic (exact) mass is 548 g/mol. The van der Waals surface area contributed by atoms with E-state index in [4.69, 9.17) is 9.73 Å². The van der Waals surface area contributed by atoms with Crippen LogP contribution in [-0.4, -0.2) is 34.0 Å². The zero-order valence-corrected chi connectivity index (χ0v) is 23.3. The normalized spacial score (nSPS) is 12.6. The van der Waals surface area contributed by atoms with E-state index >= 15 is 0 Å². The van der Waals surface area contributed by atoms with E-state index in [0.29, 0.717) is 16.8 Å². The Labute approximate surface area is 239 Å². The Morgan fingerprint density at radius 2 is 1.22 bits per heavy atom. The number of rotatable bonds is 10. The number of hydrogen-bond acceptors (Lipinski definition) is 6. The summed E-state index contributed by atoms with van der Waals surface area (Å²) in [5.41, 5.74) is 2.33. The standard InChI is InChI=1S/C34H32N2O5/c1-34(2,3)41-33(38)32(35-31(26-15-9-5-10-16-26)27-17-11-6-12-18-27)29(23-30(37)25-13-7-4-8-14-25)24-19-21-28(22-20-24)36(39)40/h4-22,29,32H,23H2,1-3H3/t29-,32+/m0/s1. The third-order valence-electron chi connectivity index (χ3n) is 6.43. The molecular weight excluding hydrogens is 516 g/mol. The minimum Gasteiger partial charge on any atom is -0.458 e. The lowest BCUT2D eigenvalue weighted by Gasteiger charge is -2.28. The molecule has 0 aliphatic rings. The number of esters is 1. The molecule has 0 saturated carbocycles. The molecule has 2 atom stereocenters. The molecule has 0 heterocycles. The van der Waals surface area contributed by atoms with Gasteiger partial charge in [-0.2, -0.15) is 0 Å². The molecule has 0 aliphatic carbocycles. The van der Waals surface area contributed by atoms with Crippen LogP contribution in [0.3, 0.4) is 0 Å². The van der Waals surface area contributed by atoms with Gasteiger partial charge in [0, 0.05) is 41.2 Å². The number of aliphatic imine (C=N–C) groups is 1. The zero-order valence-electron chi connectivity index (χ0n) is 23.3. The largest absolute Gasteiger partial charge is 0.458 e. The fraction of sp³-hybridized carbons (Fsp3) is 0.206. The molecule has 0 aromatic heterocycles. The molecule has 4 aromatic rings. The lowest BCUT2D eigenvalue weighted by Crippen LogP contribution is -2.36. The summed E-state index contributed by atoms with van der Waals surface area (Å²) < 4.78 is 5.86. The van der Waals surface area contributed by atoms with Crippen molar-refractivity contribution in [3.05, 3.63) is 148 Å². The highest BCUT2D eigenvalue weighted by molar-refractivity contribution is 6.13. The van der Waals surface area contributed by atoms with Crippen molar-refractivity contribution >= 4 is 23.2 Å². The number of non-ortho nitro benzene ring substituents is 1. The van der Waals surface area contributed by atoms with Crippen molar-refractivity contribution in [2.24, 2.45) is 4.99 Å². The van der Waals surface area contributed by atoms with Crippen molar-refractivity contribution in [1.82, 2.24) is 0 Å². The van der Waals surface area contributed by atoms with E-state index in [1.807, 2.05) is 66.7 Å². The molecule has 0 spiro atoms. The number of carbonyl (C=O) groups is 2. The van der Waals surface area contributed by atoms with Gasteiger partial charge >= 0.3 is 5.97 Å². The maximum absolute atomic E-state index is 13.9. The fourth-order valence-electron chi connectivity index (χ4n) is 4.51. The van der Waals surface area contributed by atoms with Gasteiger partial charge in [0.25, 0.3) is 5.69 Å². The molecule has 41 heavy (non-hydrogen) atoms. The molecule has 0 fully saturated rings. The van der Waals surface area contributed by atoms with Crippen LogP contribution in [0.2, 0.25) is 0 Å². The van der Waals surface area contributed by atoms with Crippen LogP contribution in [-0.2, 0) is 9.53 Å². The Kier molecular flexibility index (Phi) is 9.19. The lowest BCUT2D eigenvalue weighted by molar-refractivity contribution is -0.384. The molecule has 0 saturated heterocycles. The summed E-state index contributed by atoms with van der Waals surface area (Å²) >= 11 is 0. The van der Waals surface area contributed by atoms with Crippen molar-refractivity contribution < 1.29 is 19.2 Å². The number of nitro groups is 1. The molecule has 208 valence electrons. The molecule has 4 rings (SSSR count). The second kappa shape index (κ2) is 13.0. The van der Waals surface area contributed by atoms with Gasteiger partial charge in [-0.3, -0.25) is 19.9 Å². The van der Waals surface area contributed by atoms with Crippen LogP contribution in [0.1, 0.15) is 60.2 Å². The molecule has 0 bridgehead atoms. The highest BCUT2D eigenvalue weighted by atomic mass is 16.6. The molecule has 7 nitrogen and oxygen atoms in total. The number of Topliss-reactive ketones (excluding diaryl/α,β-unsaturated/α-hetero) is 1. The summed E-state index contributed by atoms with van der Waals surface area (Å²) in [5.74, 6) is -1.54. The van der Waals surface area contributed by atoms with Crippen molar-refractivity contribution in [3.8, 4) is 0 Å². The van der Waals surface area contributed by atoms with Crippen molar-refractivity contribution in [1.29, 1.82) is 0 Å². The molecule has 0 amide bonds. The summed E-state index contributed by atoms with van der Waals surface area (Å²) in [5, 5.41) is 11.4. The van der Waals surface area contributed by atoms with E-state index in [9.17, 15) is 19.7 Å².